The molecule has 2 heterocycles. The van der Waals surface area contributed by atoms with Crippen LogP contribution in [0.1, 0.15) is 39.0 Å². The van der Waals surface area contributed by atoms with Crippen LogP contribution in [0.5, 0.6) is 0 Å². The summed E-state index contributed by atoms with van der Waals surface area (Å²) in [5.41, 5.74) is 0. The fourth-order valence-corrected chi connectivity index (χ4v) is 2.84. The molecule has 0 bridgehead atoms. The predicted molar refractivity (Wildman–Crippen MR) is 73.9 cm³/mol. The van der Waals surface area contributed by atoms with E-state index in [1.165, 1.54) is 24.2 Å². The first kappa shape index (κ1) is 15.0. The van der Waals surface area contributed by atoms with E-state index in [2.05, 4.69) is 10.2 Å². The second kappa shape index (κ2) is 6.83. The van der Waals surface area contributed by atoms with Crippen LogP contribution >= 0.6 is 0 Å². The largest absolute Gasteiger partial charge is 0.330 e. The highest BCUT2D eigenvalue weighted by Crippen LogP contribution is 2.16. The average Bonchev–Trinajstić information content (AvgIpc) is 2.44. The first-order valence-electron chi connectivity index (χ1n) is 7.52. The normalized spacial score (nSPS) is 24.9. The number of nitrogens with one attached hydrogen (secondary N) is 1. The average molecular weight is 281 g/mol. The lowest BCUT2D eigenvalue weighted by Crippen LogP contribution is -2.59. The van der Waals surface area contributed by atoms with Gasteiger partial charge in [-0.2, -0.15) is 0 Å². The van der Waals surface area contributed by atoms with Crippen LogP contribution in [0.3, 0.4) is 0 Å². The second-order valence-corrected chi connectivity index (χ2v) is 5.53. The van der Waals surface area contributed by atoms with E-state index in [0.717, 1.165) is 19.5 Å². The lowest BCUT2D eigenvalue weighted by atomic mass is 9.99. The number of likely N-dealkylation sites (tertiary alicyclic amines) is 1. The van der Waals surface area contributed by atoms with Crippen molar-refractivity contribution in [2.24, 2.45) is 5.92 Å². The highest BCUT2D eigenvalue weighted by atomic mass is 16.2. The van der Waals surface area contributed by atoms with Gasteiger partial charge in [-0.15, -0.1) is 0 Å². The van der Waals surface area contributed by atoms with Crippen LogP contribution in [0.25, 0.3) is 0 Å². The summed E-state index contributed by atoms with van der Waals surface area (Å²) in [4.78, 5) is 39.2. The summed E-state index contributed by atoms with van der Waals surface area (Å²) in [7, 11) is 0. The molecule has 0 aromatic heterocycles. The van der Waals surface area contributed by atoms with Crippen LogP contribution in [-0.4, -0.2) is 53.8 Å². The zero-order valence-electron chi connectivity index (χ0n) is 12.1. The van der Waals surface area contributed by atoms with E-state index in [0.29, 0.717) is 19.5 Å². The van der Waals surface area contributed by atoms with Gasteiger partial charge in [0.1, 0.15) is 5.92 Å². The first-order valence-corrected chi connectivity index (χ1v) is 7.52. The lowest BCUT2D eigenvalue weighted by Gasteiger charge is -2.33. The molecule has 6 heteroatoms. The minimum absolute atomic E-state index is 0.336. The first-order chi connectivity index (χ1) is 9.63. The number of carbonyl (C=O) groups is 3. The summed E-state index contributed by atoms with van der Waals surface area (Å²) in [5, 5.41) is 2.29. The quantitative estimate of drug-likeness (QED) is 0.762. The Kier molecular flexibility index (Phi) is 5.11. The summed E-state index contributed by atoms with van der Waals surface area (Å²) < 4.78 is 0. The molecule has 0 aromatic rings. The SMILES string of the molecule is CCCC1C(=O)NC(=O)N(CCN2CCCCC2)C1=O. The number of barbiturate groups is 1. The lowest BCUT2D eigenvalue weighted by molar-refractivity contribution is -0.143. The molecule has 1 N–H and O–H groups in total. The van der Waals surface area contributed by atoms with Gasteiger partial charge in [-0.25, -0.2) is 4.79 Å². The topological polar surface area (TPSA) is 69.7 Å². The van der Waals surface area contributed by atoms with Crippen LogP contribution in [0.2, 0.25) is 0 Å². The van der Waals surface area contributed by atoms with Crippen molar-refractivity contribution in [3.63, 3.8) is 0 Å². The van der Waals surface area contributed by atoms with E-state index < -0.39 is 17.9 Å². The molecule has 1 atom stereocenters. The summed E-state index contributed by atoms with van der Waals surface area (Å²) in [6.07, 6.45) is 4.86. The monoisotopic (exact) mass is 281 g/mol. The minimum atomic E-state index is -0.695. The molecule has 112 valence electrons. The van der Waals surface area contributed by atoms with E-state index in [1.807, 2.05) is 6.92 Å². The smallest absolute Gasteiger partial charge is 0.302 e. The standard InChI is InChI=1S/C14H23N3O3/c1-2-6-11-12(18)15-14(20)17(13(11)19)10-9-16-7-4-3-5-8-16/h11H,2-10H2,1H3,(H,15,18,20). The third-order valence-corrected chi connectivity index (χ3v) is 4.02. The van der Waals surface area contributed by atoms with Crippen LogP contribution < -0.4 is 5.32 Å². The number of urea groups is 1. The molecule has 0 aliphatic carbocycles. The molecular weight excluding hydrogens is 258 g/mol. The molecule has 0 radical (unpaired) electrons. The molecular formula is C14H23N3O3. The summed E-state index contributed by atoms with van der Waals surface area (Å²) in [6, 6.07) is -0.565. The molecule has 1 unspecified atom stereocenters. The molecule has 2 rings (SSSR count). The number of imide groups is 2. The van der Waals surface area contributed by atoms with Crippen molar-refractivity contribution < 1.29 is 14.4 Å². The Labute approximate surface area is 119 Å². The third-order valence-electron chi connectivity index (χ3n) is 4.02. The number of hydrogen-bond donors (Lipinski definition) is 1. The highest BCUT2D eigenvalue weighted by Gasteiger charge is 2.39. The van der Waals surface area contributed by atoms with E-state index in [-0.39, 0.29) is 5.91 Å². The Morgan fingerprint density at radius 1 is 1.10 bits per heavy atom. The fourth-order valence-electron chi connectivity index (χ4n) is 2.84. The Morgan fingerprint density at radius 3 is 2.45 bits per heavy atom. The maximum Gasteiger partial charge on any atom is 0.330 e. The van der Waals surface area contributed by atoms with Gasteiger partial charge in [0, 0.05) is 13.1 Å². The molecule has 2 aliphatic heterocycles. The highest BCUT2D eigenvalue weighted by molar-refractivity contribution is 6.16. The van der Waals surface area contributed by atoms with Crippen molar-refractivity contribution >= 4 is 17.8 Å². The molecule has 6 nitrogen and oxygen atoms in total. The molecule has 0 saturated carbocycles. The Bertz CT molecular complexity index is 391. The third kappa shape index (κ3) is 3.36. The van der Waals surface area contributed by atoms with Crippen molar-refractivity contribution in [3.8, 4) is 0 Å². The van der Waals surface area contributed by atoms with Gasteiger partial charge in [-0.1, -0.05) is 19.8 Å². The summed E-state index contributed by atoms with van der Waals surface area (Å²) >= 11 is 0. The zero-order valence-corrected chi connectivity index (χ0v) is 12.1. The Hall–Kier alpha value is -1.43. The Balaban J connectivity index is 1.92. The van der Waals surface area contributed by atoms with Crippen molar-refractivity contribution in [2.45, 2.75) is 39.0 Å². The Morgan fingerprint density at radius 2 is 1.80 bits per heavy atom. The van der Waals surface area contributed by atoms with Crippen molar-refractivity contribution in [2.75, 3.05) is 26.2 Å². The zero-order chi connectivity index (χ0) is 14.5. The van der Waals surface area contributed by atoms with Gasteiger partial charge in [0.25, 0.3) is 0 Å². The van der Waals surface area contributed by atoms with Crippen LogP contribution in [-0.2, 0) is 9.59 Å². The number of nitrogens with zero attached hydrogens (tertiary/aromatic N) is 2. The van der Waals surface area contributed by atoms with Gasteiger partial charge in [-0.05, 0) is 32.4 Å². The number of carbonyl (C=O) groups excluding carboxylic acids is 3. The predicted octanol–water partition coefficient (Wildman–Crippen LogP) is 0.967. The molecule has 4 amide bonds. The number of hydrogen-bond acceptors (Lipinski definition) is 4. The van der Waals surface area contributed by atoms with E-state index >= 15 is 0 Å². The van der Waals surface area contributed by atoms with Gasteiger partial charge < -0.3 is 4.90 Å². The molecule has 2 aliphatic rings. The van der Waals surface area contributed by atoms with Gasteiger partial charge in [0.2, 0.25) is 11.8 Å². The molecule has 20 heavy (non-hydrogen) atoms. The van der Waals surface area contributed by atoms with Crippen LogP contribution in [0.15, 0.2) is 0 Å². The fraction of sp³-hybridized carbons (Fsp3) is 0.786. The maximum atomic E-state index is 12.2. The van der Waals surface area contributed by atoms with Gasteiger partial charge in [-0.3, -0.25) is 19.8 Å². The van der Waals surface area contributed by atoms with Crippen LogP contribution in [0, 0.1) is 5.92 Å². The van der Waals surface area contributed by atoms with E-state index in [9.17, 15) is 14.4 Å². The van der Waals surface area contributed by atoms with Crippen LogP contribution in [0.4, 0.5) is 4.79 Å². The van der Waals surface area contributed by atoms with E-state index in [4.69, 9.17) is 0 Å². The molecule has 2 fully saturated rings. The molecule has 0 spiro atoms. The van der Waals surface area contributed by atoms with Gasteiger partial charge in [0.05, 0.1) is 0 Å². The number of amides is 4. The number of rotatable bonds is 5. The van der Waals surface area contributed by atoms with Crippen molar-refractivity contribution in [3.05, 3.63) is 0 Å². The minimum Gasteiger partial charge on any atom is -0.302 e. The maximum absolute atomic E-state index is 12.2. The van der Waals surface area contributed by atoms with Gasteiger partial charge >= 0.3 is 6.03 Å². The number of piperidine rings is 1. The summed E-state index contributed by atoms with van der Waals surface area (Å²) in [5.74, 6) is -1.48. The van der Waals surface area contributed by atoms with Crippen molar-refractivity contribution in [1.82, 2.24) is 15.1 Å². The summed E-state index contributed by atoms with van der Waals surface area (Å²) in [6.45, 7) is 5.06. The molecule has 0 aromatic carbocycles. The van der Waals surface area contributed by atoms with E-state index in [1.54, 1.807) is 0 Å². The molecule has 2 saturated heterocycles. The second-order valence-electron chi connectivity index (χ2n) is 5.53. The van der Waals surface area contributed by atoms with Crippen molar-refractivity contribution in [1.29, 1.82) is 0 Å². The van der Waals surface area contributed by atoms with Gasteiger partial charge in [0.15, 0.2) is 0 Å².